The molecule has 5 nitrogen and oxygen atoms in total. The summed E-state index contributed by atoms with van der Waals surface area (Å²) in [6.07, 6.45) is 1.16. The molecule has 0 saturated carbocycles. The summed E-state index contributed by atoms with van der Waals surface area (Å²) in [5, 5.41) is 12.4. The van der Waals surface area contributed by atoms with Gasteiger partial charge in [0, 0.05) is 5.02 Å². The maximum absolute atomic E-state index is 11.9. The van der Waals surface area contributed by atoms with Gasteiger partial charge in [-0.1, -0.05) is 34.8 Å². The zero-order valence-electron chi connectivity index (χ0n) is 9.19. The first-order valence-corrected chi connectivity index (χ1v) is 6.08. The maximum Gasteiger partial charge on any atom is 0.260 e. The molecular formula is C11H6Cl3N3O2. The highest BCUT2D eigenvalue weighted by atomic mass is 35.5. The lowest BCUT2D eigenvalue weighted by molar-refractivity contribution is 0.102. The molecule has 0 bridgehead atoms. The fraction of sp³-hybridized carbons (Fsp3) is 0. The van der Waals surface area contributed by atoms with Gasteiger partial charge in [0.1, 0.15) is 17.1 Å². The number of hydrogen-bond acceptors (Lipinski definition) is 4. The van der Waals surface area contributed by atoms with Gasteiger partial charge in [-0.3, -0.25) is 4.79 Å². The summed E-state index contributed by atoms with van der Waals surface area (Å²) in [6.45, 7) is 0. The molecule has 8 heteroatoms. The molecule has 0 radical (unpaired) electrons. The summed E-state index contributed by atoms with van der Waals surface area (Å²) < 4.78 is 0. The molecule has 19 heavy (non-hydrogen) atoms. The molecule has 0 aliphatic heterocycles. The van der Waals surface area contributed by atoms with Gasteiger partial charge in [-0.05, 0) is 18.2 Å². The lowest BCUT2D eigenvalue weighted by Gasteiger charge is -2.07. The Morgan fingerprint density at radius 1 is 1.21 bits per heavy atom. The van der Waals surface area contributed by atoms with E-state index in [2.05, 4.69) is 15.3 Å². The summed E-state index contributed by atoms with van der Waals surface area (Å²) in [7, 11) is 0. The molecular weight excluding hydrogens is 312 g/mol. The smallest absolute Gasteiger partial charge is 0.260 e. The number of anilines is 1. The van der Waals surface area contributed by atoms with Crippen molar-refractivity contribution in [1.82, 2.24) is 9.97 Å². The highest BCUT2D eigenvalue weighted by molar-refractivity contribution is 6.43. The summed E-state index contributed by atoms with van der Waals surface area (Å²) in [4.78, 5) is 19.4. The molecule has 1 heterocycles. The number of phenols is 1. The van der Waals surface area contributed by atoms with Crippen LogP contribution in [0.4, 0.5) is 5.82 Å². The average molecular weight is 319 g/mol. The molecule has 0 aliphatic carbocycles. The summed E-state index contributed by atoms with van der Waals surface area (Å²) in [5.41, 5.74) is 0.0372. The van der Waals surface area contributed by atoms with Crippen LogP contribution in [-0.4, -0.2) is 21.0 Å². The van der Waals surface area contributed by atoms with Crippen molar-refractivity contribution in [2.75, 3.05) is 5.32 Å². The Morgan fingerprint density at radius 3 is 2.63 bits per heavy atom. The van der Waals surface area contributed by atoms with Crippen molar-refractivity contribution in [3.8, 4) is 5.75 Å². The van der Waals surface area contributed by atoms with Crippen LogP contribution in [0, 0.1) is 0 Å². The molecule has 0 aliphatic rings. The van der Waals surface area contributed by atoms with Gasteiger partial charge in [0.2, 0.25) is 0 Å². The normalized spacial score (nSPS) is 10.3. The monoisotopic (exact) mass is 317 g/mol. The third-order valence-electron chi connectivity index (χ3n) is 2.18. The van der Waals surface area contributed by atoms with Gasteiger partial charge in [0.15, 0.2) is 11.0 Å². The number of hydrogen-bond donors (Lipinski definition) is 2. The molecule has 0 fully saturated rings. The molecule has 1 amide bonds. The van der Waals surface area contributed by atoms with Crippen LogP contribution in [0.3, 0.4) is 0 Å². The van der Waals surface area contributed by atoms with Gasteiger partial charge in [-0.15, -0.1) is 0 Å². The number of nitrogens with zero attached hydrogens (tertiary/aromatic N) is 2. The molecule has 98 valence electrons. The second kappa shape index (κ2) is 5.61. The van der Waals surface area contributed by atoms with Crippen LogP contribution in [0.15, 0.2) is 24.5 Å². The number of aromatic hydroxyl groups is 1. The highest BCUT2D eigenvalue weighted by Gasteiger charge is 2.15. The standard InChI is InChI=1S/C11H6Cl3N3O2/c12-5-1-2-6(7(18)3-5)11(19)17-10-8(13)9(14)15-4-16-10/h1-4,18H,(H,15,16,17,19). The summed E-state index contributed by atoms with van der Waals surface area (Å²) in [6, 6.07) is 4.11. The van der Waals surface area contributed by atoms with E-state index in [-0.39, 0.29) is 27.3 Å². The fourth-order valence-corrected chi connectivity index (χ4v) is 1.75. The van der Waals surface area contributed by atoms with E-state index in [1.165, 1.54) is 18.2 Å². The Hall–Kier alpha value is -1.56. The van der Waals surface area contributed by atoms with Crippen LogP contribution in [-0.2, 0) is 0 Å². The molecule has 0 spiro atoms. The van der Waals surface area contributed by atoms with Crippen molar-refractivity contribution in [3.05, 3.63) is 45.3 Å². The quantitative estimate of drug-likeness (QED) is 0.832. The second-order valence-corrected chi connectivity index (χ2v) is 4.62. The predicted molar refractivity (Wildman–Crippen MR) is 73.1 cm³/mol. The molecule has 2 aromatic rings. The Labute approximate surface area is 123 Å². The molecule has 1 aromatic carbocycles. The first kappa shape index (κ1) is 13.9. The first-order valence-electron chi connectivity index (χ1n) is 4.95. The van der Waals surface area contributed by atoms with Crippen LogP contribution in [0.25, 0.3) is 0 Å². The van der Waals surface area contributed by atoms with Crippen molar-refractivity contribution in [2.45, 2.75) is 0 Å². The van der Waals surface area contributed by atoms with Crippen LogP contribution < -0.4 is 5.32 Å². The second-order valence-electron chi connectivity index (χ2n) is 3.44. The zero-order valence-corrected chi connectivity index (χ0v) is 11.5. The van der Waals surface area contributed by atoms with Gasteiger partial charge in [-0.2, -0.15) is 0 Å². The van der Waals surface area contributed by atoms with Crippen molar-refractivity contribution in [1.29, 1.82) is 0 Å². The number of halogens is 3. The van der Waals surface area contributed by atoms with Crippen molar-refractivity contribution >= 4 is 46.5 Å². The Balaban J connectivity index is 2.28. The van der Waals surface area contributed by atoms with Gasteiger partial charge in [-0.25, -0.2) is 9.97 Å². The van der Waals surface area contributed by atoms with Crippen LogP contribution >= 0.6 is 34.8 Å². The molecule has 0 atom stereocenters. The lowest BCUT2D eigenvalue weighted by Crippen LogP contribution is -2.13. The van der Waals surface area contributed by atoms with Gasteiger partial charge >= 0.3 is 0 Å². The summed E-state index contributed by atoms with van der Waals surface area (Å²) >= 11 is 17.2. The molecule has 0 unspecified atom stereocenters. The number of amides is 1. The van der Waals surface area contributed by atoms with Crippen LogP contribution in [0.1, 0.15) is 10.4 Å². The van der Waals surface area contributed by atoms with E-state index < -0.39 is 5.91 Å². The van der Waals surface area contributed by atoms with Crippen molar-refractivity contribution < 1.29 is 9.90 Å². The van der Waals surface area contributed by atoms with Crippen molar-refractivity contribution in [2.24, 2.45) is 0 Å². The minimum Gasteiger partial charge on any atom is -0.507 e. The van der Waals surface area contributed by atoms with E-state index in [0.29, 0.717) is 5.02 Å². The Morgan fingerprint density at radius 2 is 1.95 bits per heavy atom. The van der Waals surface area contributed by atoms with Crippen LogP contribution in [0.2, 0.25) is 15.2 Å². The van der Waals surface area contributed by atoms with E-state index >= 15 is 0 Å². The molecule has 2 rings (SSSR count). The Kier molecular flexibility index (Phi) is 4.09. The number of aromatic nitrogens is 2. The molecule has 2 N–H and O–H groups in total. The van der Waals surface area contributed by atoms with E-state index in [0.717, 1.165) is 6.33 Å². The maximum atomic E-state index is 11.9. The van der Waals surface area contributed by atoms with Crippen LogP contribution in [0.5, 0.6) is 5.75 Å². The zero-order chi connectivity index (χ0) is 14.0. The largest absolute Gasteiger partial charge is 0.507 e. The van der Waals surface area contributed by atoms with E-state index in [1.54, 1.807) is 0 Å². The number of nitrogens with one attached hydrogen (secondary N) is 1. The van der Waals surface area contributed by atoms with Gasteiger partial charge < -0.3 is 10.4 Å². The third-order valence-corrected chi connectivity index (χ3v) is 3.16. The van der Waals surface area contributed by atoms with Gasteiger partial charge in [0.25, 0.3) is 5.91 Å². The Bertz CT molecular complexity index is 649. The topological polar surface area (TPSA) is 75.1 Å². The van der Waals surface area contributed by atoms with E-state index in [1.807, 2.05) is 0 Å². The molecule has 1 aromatic heterocycles. The number of rotatable bonds is 2. The van der Waals surface area contributed by atoms with E-state index in [4.69, 9.17) is 34.8 Å². The predicted octanol–water partition coefficient (Wildman–Crippen LogP) is 3.39. The number of carbonyl (C=O) groups excluding carboxylic acids is 1. The number of carbonyl (C=O) groups is 1. The number of benzene rings is 1. The number of phenolic OH excluding ortho intramolecular Hbond substituents is 1. The fourth-order valence-electron chi connectivity index (χ4n) is 1.31. The third kappa shape index (κ3) is 3.07. The minimum absolute atomic E-state index is 0.0194. The lowest BCUT2D eigenvalue weighted by atomic mass is 10.2. The highest BCUT2D eigenvalue weighted by Crippen LogP contribution is 2.27. The summed E-state index contributed by atoms with van der Waals surface area (Å²) in [5.74, 6) is -0.784. The first-order chi connectivity index (χ1) is 8.99. The molecule has 0 saturated heterocycles. The average Bonchev–Trinajstić information content (AvgIpc) is 2.34. The van der Waals surface area contributed by atoms with Gasteiger partial charge in [0.05, 0.1) is 5.56 Å². The minimum atomic E-state index is -0.592. The SMILES string of the molecule is O=C(Nc1ncnc(Cl)c1Cl)c1ccc(Cl)cc1O. The van der Waals surface area contributed by atoms with Crippen molar-refractivity contribution in [3.63, 3.8) is 0 Å². The van der Waals surface area contributed by atoms with E-state index in [9.17, 15) is 9.90 Å².